The first-order valence-electron chi connectivity index (χ1n) is 7.48. The molecule has 4 rings (SSSR count). The number of halogens is 1. The average molecular weight is 348 g/mol. The standard InChI is InChI=1S/C16H18BrN3O/c17-13-6-15-2-1-12(8-20(15)9-13)16(21)18-14-5-11-3-4-19(7-11)10-14/h1-2,6,8-9,11,14H,3-5,7,10H2,(H,18,21). The van der Waals surface area contributed by atoms with Gasteiger partial charge in [-0.05, 0) is 59.4 Å². The lowest BCUT2D eigenvalue weighted by Gasteiger charge is -2.30. The summed E-state index contributed by atoms with van der Waals surface area (Å²) in [4.78, 5) is 14.9. The summed E-state index contributed by atoms with van der Waals surface area (Å²) in [7, 11) is 0. The third kappa shape index (κ3) is 2.60. The predicted molar refractivity (Wildman–Crippen MR) is 85.5 cm³/mol. The number of carbonyl (C=O) groups excluding carboxylic acids is 1. The molecule has 1 N–H and O–H groups in total. The fraction of sp³-hybridized carbons (Fsp3) is 0.438. The van der Waals surface area contributed by atoms with E-state index in [-0.39, 0.29) is 5.91 Å². The van der Waals surface area contributed by atoms with E-state index in [1.54, 1.807) is 0 Å². The highest BCUT2D eigenvalue weighted by Gasteiger charge is 2.32. The first-order chi connectivity index (χ1) is 10.2. The number of nitrogens with one attached hydrogen (secondary N) is 1. The summed E-state index contributed by atoms with van der Waals surface area (Å²) in [6.07, 6.45) is 6.28. The number of piperidine rings is 1. The number of fused-ring (bicyclic) bond motifs is 3. The summed E-state index contributed by atoms with van der Waals surface area (Å²) in [6.45, 7) is 3.41. The molecule has 3 unspecified atom stereocenters. The maximum Gasteiger partial charge on any atom is 0.253 e. The molecule has 0 radical (unpaired) electrons. The molecule has 0 aliphatic carbocycles. The van der Waals surface area contributed by atoms with E-state index in [1.165, 1.54) is 19.5 Å². The number of rotatable bonds is 2. The molecule has 2 fully saturated rings. The number of hydrogen-bond acceptors (Lipinski definition) is 2. The van der Waals surface area contributed by atoms with E-state index in [0.29, 0.717) is 6.04 Å². The second-order valence-electron chi connectivity index (χ2n) is 6.23. The molecule has 5 heteroatoms. The van der Waals surface area contributed by atoms with E-state index < -0.39 is 0 Å². The summed E-state index contributed by atoms with van der Waals surface area (Å²) in [5, 5.41) is 3.20. The fourth-order valence-electron chi connectivity index (χ4n) is 3.64. The summed E-state index contributed by atoms with van der Waals surface area (Å²) in [5.74, 6) is 0.807. The van der Waals surface area contributed by atoms with Crippen LogP contribution >= 0.6 is 15.9 Å². The van der Waals surface area contributed by atoms with E-state index in [4.69, 9.17) is 0 Å². The lowest BCUT2D eigenvalue weighted by molar-refractivity contribution is 0.0909. The first-order valence-corrected chi connectivity index (χ1v) is 8.27. The number of hydrogen-bond donors (Lipinski definition) is 1. The zero-order valence-corrected chi connectivity index (χ0v) is 13.3. The summed E-state index contributed by atoms with van der Waals surface area (Å²) < 4.78 is 3.00. The van der Waals surface area contributed by atoms with Crippen LogP contribution in [0.15, 0.2) is 35.1 Å². The van der Waals surface area contributed by atoms with E-state index in [0.717, 1.165) is 34.4 Å². The van der Waals surface area contributed by atoms with Gasteiger partial charge in [-0.1, -0.05) is 0 Å². The maximum absolute atomic E-state index is 12.4. The van der Waals surface area contributed by atoms with Crippen molar-refractivity contribution in [2.75, 3.05) is 19.6 Å². The van der Waals surface area contributed by atoms with Crippen LogP contribution in [0.1, 0.15) is 23.2 Å². The van der Waals surface area contributed by atoms with Crippen molar-refractivity contribution in [3.05, 3.63) is 40.6 Å². The lowest BCUT2D eigenvalue weighted by atomic mass is 9.96. The Morgan fingerprint density at radius 3 is 3.05 bits per heavy atom. The minimum atomic E-state index is 0.0363. The number of nitrogens with zero attached hydrogens (tertiary/aromatic N) is 2. The second kappa shape index (κ2) is 5.14. The molecular formula is C16H18BrN3O. The molecule has 2 aliphatic heterocycles. The molecule has 2 bridgehead atoms. The van der Waals surface area contributed by atoms with Gasteiger partial charge in [0.15, 0.2) is 0 Å². The molecule has 0 spiro atoms. The third-order valence-corrected chi connectivity index (χ3v) is 5.06. The Kier molecular flexibility index (Phi) is 3.27. The van der Waals surface area contributed by atoms with Gasteiger partial charge < -0.3 is 14.6 Å². The fourth-order valence-corrected chi connectivity index (χ4v) is 4.10. The molecule has 110 valence electrons. The van der Waals surface area contributed by atoms with Gasteiger partial charge in [-0.2, -0.15) is 0 Å². The van der Waals surface area contributed by atoms with Crippen molar-refractivity contribution in [3.8, 4) is 0 Å². The summed E-state index contributed by atoms with van der Waals surface area (Å²) in [5.41, 5.74) is 1.80. The van der Waals surface area contributed by atoms with Crippen molar-refractivity contribution in [1.29, 1.82) is 0 Å². The number of pyridine rings is 1. The van der Waals surface area contributed by atoms with Crippen molar-refractivity contribution in [2.45, 2.75) is 18.9 Å². The SMILES string of the molecule is O=C(NC1CC2CCN(C2)C1)c1ccc2cc(Br)cn2c1. The van der Waals surface area contributed by atoms with Crippen LogP contribution in [-0.4, -0.2) is 40.9 Å². The Morgan fingerprint density at radius 1 is 1.29 bits per heavy atom. The molecule has 2 saturated heterocycles. The van der Waals surface area contributed by atoms with E-state index in [2.05, 4.69) is 26.1 Å². The molecule has 3 atom stereocenters. The molecule has 2 aromatic heterocycles. The molecular weight excluding hydrogens is 330 g/mol. The normalized spacial score (nSPS) is 28.0. The number of amides is 1. The quantitative estimate of drug-likeness (QED) is 0.906. The highest BCUT2D eigenvalue weighted by Crippen LogP contribution is 2.26. The van der Waals surface area contributed by atoms with Gasteiger partial charge in [-0.25, -0.2) is 0 Å². The van der Waals surface area contributed by atoms with Gasteiger partial charge in [-0.3, -0.25) is 4.79 Å². The minimum absolute atomic E-state index is 0.0363. The predicted octanol–water partition coefficient (Wildman–Crippen LogP) is 2.53. The van der Waals surface area contributed by atoms with Crippen molar-refractivity contribution in [3.63, 3.8) is 0 Å². The van der Waals surface area contributed by atoms with Crippen molar-refractivity contribution in [2.24, 2.45) is 5.92 Å². The van der Waals surface area contributed by atoms with Crippen LogP contribution in [0, 0.1) is 5.92 Å². The Labute approximate surface area is 132 Å². The lowest BCUT2D eigenvalue weighted by Crippen LogP contribution is -2.47. The van der Waals surface area contributed by atoms with E-state index in [9.17, 15) is 4.79 Å². The van der Waals surface area contributed by atoms with Gasteiger partial charge in [0.1, 0.15) is 0 Å². The molecule has 21 heavy (non-hydrogen) atoms. The van der Waals surface area contributed by atoms with Crippen LogP contribution in [-0.2, 0) is 0 Å². The Bertz CT molecular complexity index is 684. The summed E-state index contributed by atoms with van der Waals surface area (Å²) in [6, 6.07) is 6.21. The molecule has 2 aliphatic rings. The van der Waals surface area contributed by atoms with Crippen LogP contribution in [0.3, 0.4) is 0 Å². The van der Waals surface area contributed by atoms with Crippen LogP contribution in [0.5, 0.6) is 0 Å². The average Bonchev–Trinajstić information content (AvgIpc) is 2.99. The van der Waals surface area contributed by atoms with Gasteiger partial charge >= 0.3 is 0 Å². The highest BCUT2D eigenvalue weighted by molar-refractivity contribution is 9.10. The Balaban J connectivity index is 1.50. The number of aromatic nitrogens is 1. The molecule has 4 nitrogen and oxygen atoms in total. The van der Waals surface area contributed by atoms with Crippen LogP contribution in [0.25, 0.3) is 5.52 Å². The molecule has 4 heterocycles. The second-order valence-corrected chi connectivity index (χ2v) is 7.14. The van der Waals surface area contributed by atoms with Crippen LogP contribution < -0.4 is 5.32 Å². The Hall–Kier alpha value is -1.33. The van der Waals surface area contributed by atoms with E-state index >= 15 is 0 Å². The first kappa shape index (κ1) is 13.3. The van der Waals surface area contributed by atoms with Gasteiger partial charge in [0.25, 0.3) is 5.91 Å². The van der Waals surface area contributed by atoms with Crippen molar-refractivity contribution >= 4 is 27.4 Å². The van der Waals surface area contributed by atoms with Gasteiger partial charge in [-0.15, -0.1) is 0 Å². The minimum Gasteiger partial charge on any atom is -0.348 e. The molecule has 1 amide bonds. The van der Waals surface area contributed by atoms with Gasteiger partial charge in [0.2, 0.25) is 0 Å². The zero-order valence-electron chi connectivity index (χ0n) is 11.8. The van der Waals surface area contributed by atoms with Crippen LogP contribution in [0.4, 0.5) is 0 Å². The monoisotopic (exact) mass is 347 g/mol. The molecule has 2 aromatic rings. The zero-order chi connectivity index (χ0) is 14.4. The highest BCUT2D eigenvalue weighted by atomic mass is 79.9. The van der Waals surface area contributed by atoms with Gasteiger partial charge in [0.05, 0.1) is 5.56 Å². The van der Waals surface area contributed by atoms with Crippen molar-refractivity contribution in [1.82, 2.24) is 14.6 Å². The molecule has 0 aromatic carbocycles. The largest absolute Gasteiger partial charge is 0.348 e. The molecule has 0 saturated carbocycles. The smallest absolute Gasteiger partial charge is 0.253 e. The Morgan fingerprint density at radius 2 is 2.19 bits per heavy atom. The topological polar surface area (TPSA) is 36.8 Å². The van der Waals surface area contributed by atoms with Crippen molar-refractivity contribution < 1.29 is 4.79 Å². The van der Waals surface area contributed by atoms with Gasteiger partial charge in [0, 0.05) is 41.5 Å². The van der Waals surface area contributed by atoms with E-state index in [1.807, 2.05) is 35.0 Å². The summed E-state index contributed by atoms with van der Waals surface area (Å²) >= 11 is 3.46. The van der Waals surface area contributed by atoms with Crippen LogP contribution in [0.2, 0.25) is 0 Å². The number of carbonyl (C=O) groups is 1. The maximum atomic E-state index is 12.4. The third-order valence-electron chi connectivity index (χ3n) is 4.62.